The predicted octanol–water partition coefficient (Wildman–Crippen LogP) is 2.39. The van der Waals surface area contributed by atoms with Gasteiger partial charge in [-0.15, -0.1) is 0 Å². The average molecular weight is 291 g/mol. The summed E-state index contributed by atoms with van der Waals surface area (Å²) >= 11 is 12.8. The van der Waals surface area contributed by atoms with E-state index in [1.165, 1.54) is 11.3 Å². The van der Waals surface area contributed by atoms with Crippen LogP contribution in [0.1, 0.15) is 11.7 Å². The summed E-state index contributed by atoms with van der Waals surface area (Å²) in [6, 6.07) is 1.85. The van der Waals surface area contributed by atoms with E-state index in [-0.39, 0.29) is 23.1 Å². The first-order chi connectivity index (χ1) is 8.15. The molecule has 0 saturated carbocycles. The molecule has 0 aliphatic carbocycles. The lowest BCUT2D eigenvalue weighted by atomic mass is 10.2. The minimum Gasteiger partial charge on any atom is -0.387 e. The molecule has 90 valence electrons. The summed E-state index contributed by atoms with van der Waals surface area (Å²) < 4.78 is 0. The standard InChI is InChI=1S/C9H8Cl2N4OS/c10-7-13-8(11)15-9(14-7)12-3-6(16)5-1-2-17-4-5/h1-2,4,6,16H,3H2,(H,12,13,14,15). The highest BCUT2D eigenvalue weighted by Gasteiger charge is 2.09. The maximum atomic E-state index is 9.82. The van der Waals surface area contributed by atoms with Crippen LogP contribution in [0.25, 0.3) is 0 Å². The van der Waals surface area contributed by atoms with E-state index in [0.717, 1.165) is 5.56 Å². The Labute approximate surface area is 111 Å². The second-order valence-electron chi connectivity index (χ2n) is 3.15. The lowest BCUT2D eigenvalue weighted by molar-refractivity contribution is 0.192. The second kappa shape index (κ2) is 5.59. The summed E-state index contributed by atoms with van der Waals surface area (Å²) in [6.45, 7) is 0.271. The van der Waals surface area contributed by atoms with Crippen LogP contribution in [0.3, 0.4) is 0 Å². The van der Waals surface area contributed by atoms with E-state index < -0.39 is 6.10 Å². The van der Waals surface area contributed by atoms with Gasteiger partial charge in [-0.2, -0.15) is 26.3 Å². The zero-order chi connectivity index (χ0) is 12.3. The zero-order valence-corrected chi connectivity index (χ0v) is 10.8. The van der Waals surface area contributed by atoms with Gasteiger partial charge in [-0.05, 0) is 45.6 Å². The number of nitrogens with zero attached hydrogens (tertiary/aromatic N) is 3. The number of rotatable bonds is 4. The van der Waals surface area contributed by atoms with Crippen molar-refractivity contribution < 1.29 is 5.11 Å². The van der Waals surface area contributed by atoms with Crippen LogP contribution in [0.15, 0.2) is 16.8 Å². The Bertz CT molecular complexity index is 473. The molecule has 8 heteroatoms. The quantitative estimate of drug-likeness (QED) is 0.905. The summed E-state index contributed by atoms with van der Waals surface area (Å²) in [5.41, 5.74) is 0.841. The minimum atomic E-state index is -0.629. The van der Waals surface area contributed by atoms with Crippen LogP contribution in [0.5, 0.6) is 0 Å². The van der Waals surface area contributed by atoms with Gasteiger partial charge in [0.25, 0.3) is 0 Å². The molecule has 17 heavy (non-hydrogen) atoms. The normalized spacial score (nSPS) is 12.4. The van der Waals surface area contributed by atoms with Gasteiger partial charge in [-0.3, -0.25) is 0 Å². The van der Waals surface area contributed by atoms with Gasteiger partial charge >= 0.3 is 0 Å². The van der Waals surface area contributed by atoms with E-state index in [1.54, 1.807) is 0 Å². The summed E-state index contributed by atoms with van der Waals surface area (Å²) in [4.78, 5) is 11.3. The number of aromatic nitrogens is 3. The van der Waals surface area contributed by atoms with Crippen LogP contribution in [0.4, 0.5) is 5.95 Å². The molecule has 0 fully saturated rings. The van der Waals surface area contributed by atoms with Gasteiger partial charge in [0, 0.05) is 6.54 Å². The Balaban J connectivity index is 1.98. The van der Waals surface area contributed by atoms with Crippen molar-refractivity contribution >= 4 is 40.5 Å². The first-order valence-electron chi connectivity index (χ1n) is 4.66. The molecular formula is C9H8Cl2N4OS. The van der Waals surface area contributed by atoms with Gasteiger partial charge in [-0.1, -0.05) is 0 Å². The molecule has 0 bridgehead atoms. The molecule has 0 aliphatic heterocycles. The number of anilines is 1. The van der Waals surface area contributed by atoms with Crippen LogP contribution in [-0.2, 0) is 0 Å². The van der Waals surface area contributed by atoms with E-state index in [0.29, 0.717) is 0 Å². The average Bonchev–Trinajstić information content (AvgIpc) is 2.78. The van der Waals surface area contributed by atoms with Crippen molar-refractivity contribution in [3.63, 3.8) is 0 Å². The highest BCUT2D eigenvalue weighted by molar-refractivity contribution is 7.07. The molecule has 2 heterocycles. The molecule has 0 amide bonds. The first-order valence-corrected chi connectivity index (χ1v) is 6.36. The molecule has 1 atom stereocenters. The van der Waals surface area contributed by atoms with E-state index >= 15 is 0 Å². The Morgan fingerprint density at radius 2 is 2.00 bits per heavy atom. The fourth-order valence-corrected chi connectivity index (χ4v) is 2.25. The Morgan fingerprint density at radius 3 is 2.59 bits per heavy atom. The maximum absolute atomic E-state index is 9.82. The van der Waals surface area contributed by atoms with Crippen LogP contribution >= 0.6 is 34.5 Å². The van der Waals surface area contributed by atoms with Gasteiger partial charge < -0.3 is 10.4 Å². The summed E-state index contributed by atoms with van der Waals surface area (Å²) in [6.07, 6.45) is -0.629. The molecule has 0 aliphatic rings. The Hall–Kier alpha value is -0.950. The smallest absolute Gasteiger partial charge is 0.228 e. The van der Waals surface area contributed by atoms with Crippen molar-refractivity contribution in [1.82, 2.24) is 15.0 Å². The van der Waals surface area contributed by atoms with Crippen molar-refractivity contribution in [2.75, 3.05) is 11.9 Å². The van der Waals surface area contributed by atoms with Crippen molar-refractivity contribution in [2.45, 2.75) is 6.10 Å². The third kappa shape index (κ3) is 3.50. The number of thiophene rings is 1. The predicted molar refractivity (Wildman–Crippen MR) is 67.6 cm³/mol. The fraction of sp³-hybridized carbons (Fsp3) is 0.222. The molecule has 0 spiro atoms. The van der Waals surface area contributed by atoms with Crippen molar-refractivity contribution in [3.8, 4) is 0 Å². The number of hydrogen-bond donors (Lipinski definition) is 2. The highest BCUT2D eigenvalue weighted by atomic mass is 35.5. The van der Waals surface area contributed by atoms with Crippen molar-refractivity contribution in [1.29, 1.82) is 0 Å². The molecule has 0 radical (unpaired) electrons. The zero-order valence-electron chi connectivity index (χ0n) is 8.47. The second-order valence-corrected chi connectivity index (χ2v) is 4.61. The molecule has 2 aromatic rings. The van der Waals surface area contributed by atoms with E-state index in [1.807, 2.05) is 16.8 Å². The van der Waals surface area contributed by atoms with Gasteiger partial charge in [0.2, 0.25) is 16.5 Å². The lowest BCUT2D eigenvalue weighted by Crippen LogP contribution is -2.13. The van der Waals surface area contributed by atoms with Crippen LogP contribution in [-0.4, -0.2) is 26.6 Å². The van der Waals surface area contributed by atoms with E-state index in [4.69, 9.17) is 23.2 Å². The summed E-state index contributed by atoms with van der Waals surface area (Å²) in [5.74, 6) is 0.240. The number of nitrogens with one attached hydrogen (secondary N) is 1. The fourth-order valence-electron chi connectivity index (χ4n) is 1.18. The van der Waals surface area contributed by atoms with Crippen molar-refractivity contribution in [3.05, 3.63) is 33.0 Å². The molecule has 2 rings (SSSR count). The Morgan fingerprint density at radius 1 is 1.29 bits per heavy atom. The molecule has 0 aromatic carbocycles. The summed E-state index contributed by atoms with van der Waals surface area (Å²) in [7, 11) is 0. The third-order valence-electron chi connectivity index (χ3n) is 1.96. The van der Waals surface area contributed by atoms with Gasteiger partial charge in [0.1, 0.15) is 0 Å². The van der Waals surface area contributed by atoms with Crippen LogP contribution < -0.4 is 5.32 Å². The molecule has 2 N–H and O–H groups in total. The number of halogens is 2. The number of aliphatic hydroxyl groups is 1. The first kappa shape index (κ1) is 12.5. The van der Waals surface area contributed by atoms with E-state index in [9.17, 15) is 5.11 Å². The van der Waals surface area contributed by atoms with E-state index in [2.05, 4.69) is 20.3 Å². The van der Waals surface area contributed by atoms with Crippen molar-refractivity contribution in [2.24, 2.45) is 0 Å². The minimum absolute atomic E-state index is 0.0116. The maximum Gasteiger partial charge on any atom is 0.228 e. The van der Waals surface area contributed by atoms with Gasteiger partial charge in [0.05, 0.1) is 6.10 Å². The number of aliphatic hydroxyl groups excluding tert-OH is 1. The highest BCUT2D eigenvalue weighted by Crippen LogP contribution is 2.17. The van der Waals surface area contributed by atoms with Crippen LogP contribution in [0, 0.1) is 0 Å². The SMILES string of the molecule is OC(CNc1nc(Cl)nc(Cl)n1)c1ccsc1. The summed E-state index contributed by atoms with van der Waals surface area (Å²) in [5, 5.41) is 16.5. The molecular weight excluding hydrogens is 283 g/mol. The third-order valence-corrected chi connectivity index (χ3v) is 3.00. The largest absolute Gasteiger partial charge is 0.387 e. The topological polar surface area (TPSA) is 70.9 Å². The molecule has 1 unspecified atom stereocenters. The lowest BCUT2D eigenvalue weighted by Gasteiger charge is -2.10. The van der Waals surface area contributed by atoms with Crippen LogP contribution in [0.2, 0.25) is 10.6 Å². The molecule has 0 saturated heterocycles. The number of hydrogen-bond acceptors (Lipinski definition) is 6. The molecule has 2 aromatic heterocycles. The Kier molecular flexibility index (Phi) is 4.11. The van der Waals surface area contributed by atoms with Gasteiger partial charge in [0.15, 0.2) is 0 Å². The monoisotopic (exact) mass is 290 g/mol. The van der Waals surface area contributed by atoms with Gasteiger partial charge in [-0.25, -0.2) is 0 Å². The molecule has 5 nitrogen and oxygen atoms in total.